The molecular formula is C11H25N3O. The van der Waals surface area contributed by atoms with E-state index in [4.69, 9.17) is 5.73 Å². The number of nitrogens with one attached hydrogen (secondary N) is 2. The average molecular weight is 215 g/mol. The van der Waals surface area contributed by atoms with E-state index in [-0.39, 0.29) is 17.0 Å². The molecule has 0 rings (SSSR count). The van der Waals surface area contributed by atoms with Crippen molar-refractivity contribution < 1.29 is 4.79 Å². The molecule has 0 radical (unpaired) electrons. The highest BCUT2D eigenvalue weighted by Crippen LogP contribution is 2.17. The lowest BCUT2D eigenvalue weighted by Gasteiger charge is -2.26. The Labute approximate surface area is 93.0 Å². The van der Waals surface area contributed by atoms with E-state index in [1.807, 2.05) is 20.8 Å². The predicted molar refractivity (Wildman–Crippen MR) is 63.7 cm³/mol. The zero-order chi connectivity index (χ0) is 12.1. The van der Waals surface area contributed by atoms with Gasteiger partial charge in [0.05, 0.1) is 0 Å². The van der Waals surface area contributed by atoms with Crippen LogP contribution in [0.5, 0.6) is 0 Å². The molecule has 4 heteroatoms. The second-order valence-corrected chi connectivity index (χ2v) is 5.76. The molecule has 2 amide bonds. The van der Waals surface area contributed by atoms with Crippen LogP contribution < -0.4 is 16.4 Å². The smallest absolute Gasteiger partial charge is 0.315 e. The predicted octanol–water partition coefficient (Wildman–Crippen LogP) is 1.46. The van der Waals surface area contributed by atoms with Gasteiger partial charge in [-0.1, -0.05) is 13.8 Å². The van der Waals surface area contributed by atoms with Crippen molar-refractivity contribution in [1.29, 1.82) is 0 Å². The first-order valence-corrected chi connectivity index (χ1v) is 5.42. The van der Waals surface area contributed by atoms with Crippen molar-refractivity contribution in [3.63, 3.8) is 0 Å². The summed E-state index contributed by atoms with van der Waals surface area (Å²) in [6.07, 6.45) is 0.906. The van der Waals surface area contributed by atoms with Gasteiger partial charge in [-0.05, 0) is 39.2 Å². The van der Waals surface area contributed by atoms with Crippen LogP contribution in [0.4, 0.5) is 4.79 Å². The summed E-state index contributed by atoms with van der Waals surface area (Å²) in [6.45, 7) is 11.4. The molecule has 15 heavy (non-hydrogen) atoms. The van der Waals surface area contributed by atoms with Crippen LogP contribution in [0.1, 0.15) is 41.0 Å². The second kappa shape index (κ2) is 5.35. The molecule has 0 aliphatic rings. The Hall–Kier alpha value is -0.770. The van der Waals surface area contributed by atoms with Crippen LogP contribution >= 0.6 is 0 Å². The second-order valence-electron chi connectivity index (χ2n) is 5.76. The van der Waals surface area contributed by atoms with Crippen molar-refractivity contribution in [2.45, 2.75) is 46.6 Å². The van der Waals surface area contributed by atoms with Crippen LogP contribution in [-0.2, 0) is 0 Å². The summed E-state index contributed by atoms with van der Waals surface area (Å²) in [5.41, 5.74) is 5.36. The molecule has 0 aromatic carbocycles. The molecule has 0 aromatic rings. The number of hydrogen-bond acceptors (Lipinski definition) is 2. The molecule has 4 nitrogen and oxygen atoms in total. The minimum Gasteiger partial charge on any atom is -0.338 e. The molecule has 0 unspecified atom stereocenters. The Kier molecular flexibility index (Phi) is 5.08. The van der Waals surface area contributed by atoms with Crippen molar-refractivity contribution in [3.8, 4) is 0 Å². The van der Waals surface area contributed by atoms with Crippen LogP contribution in [0, 0.1) is 5.41 Å². The first-order valence-electron chi connectivity index (χ1n) is 5.42. The van der Waals surface area contributed by atoms with Gasteiger partial charge < -0.3 is 16.4 Å². The van der Waals surface area contributed by atoms with Gasteiger partial charge in [-0.3, -0.25) is 0 Å². The third kappa shape index (κ3) is 8.24. The highest BCUT2D eigenvalue weighted by atomic mass is 16.2. The number of amides is 2. The Morgan fingerprint density at radius 2 is 1.73 bits per heavy atom. The van der Waals surface area contributed by atoms with Gasteiger partial charge in [0.1, 0.15) is 0 Å². The minimum atomic E-state index is -0.192. The zero-order valence-corrected chi connectivity index (χ0v) is 10.6. The first kappa shape index (κ1) is 14.2. The molecule has 0 fully saturated rings. The van der Waals surface area contributed by atoms with E-state index >= 15 is 0 Å². The number of nitrogens with two attached hydrogens (primary N) is 1. The molecule has 0 bridgehead atoms. The zero-order valence-electron chi connectivity index (χ0n) is 10.6. The highest BCUT2D eigenvalue weighted by Gasteiger charge is 2.19. The number of rotatable bonds is 4. The minimum absolute atomic E-state index is 0.0595. The summed E-state index contributed by atoms with van der Waals surface area (Å²) < 4.78 is 0. The van der Waals surface area contributed by atoms with Crippen LogP contribution in [0.3, 0.4) is 0 Å². The fourth-order valence-electron chi connectivity index (χ4n) is 1.18. The summed E-state index contributed by atoms with van der Waals surface area (Å²) >= 11 is 0. The molecule has 0 heterocycles. The van der Waals surface area contributed by atoms with Gasteiger partial charge >= 0.3 is 6.03 Å². The van der Waals surface area contributed by atoms with E-state index in [1.54, 1.807) is 0 Å². The monoisotopic (exact) mass is 215 g/mol. The Morgan fingerprint density at radius 3 is 2.13 bits per heavy atom. The topological polar surface area (TPSA) is 67.1 Å². The molecule has 90 valence electrons. The van der Waals surface area contributed by atoms with Crippen LogP contribution in [0.25, 0.3) is 0 Å². The summed E-state index contributed by atoms with van der Waals surface area (Å²) in [6, 6.07) is -0.118. The van der Waals surface area contributed by atoms with Crippen LogP contribution in [-0.4, -0.2) is 24.7 Å². The van der Waals surface area contributed by atoms with Gasteiger partial charge in [-0.15, -0.1) is 0 Å². The van der Waals surface area contributed by atoms with Crippen molar-refractivity contribution in [3.05, 3.63) is 0 Å². The molecule has 4 N–H and O–H groups in total. The van der Waals surface area contributed by atoms with Gasteiger partial charge in [0.25, 0.3) is 0 Å². The number of carbonyl (C=O) groups excluding carboxylic acids is 1. The standard InChI is InChI=1S/C11H25N3O/c1-10(2,3)14-9(15)13-8-11(4,5)6-7-12/h6-8,12H2,1-5H3,(H2,13,14,15). The van der Waals surface area contributed by atoms with Gasteiger partial charge in [0.15, 0.2) is 0 Å². The SMILES string of the molecule is CC(C)(CCN)CNC(=O)NC(C)(C)C. The van der Waals surface area contributed by atoms with Crippen LogP contribution in [0.2, 0.25) is 0 Å². The summed E-state index contributed by atoms with van der Waals surface area (Å²) in [4.78, 5) is 11.5. The number of hydrogen-bond donors (Lipinski definition) is 3. The van der Waals surface area contributed by atoms with Gasteiger partial charge in [0, 0.05) is 12.1 Å². The van der Waals surface area contributed by atoms with Gasteiger partial charge in [-0.25, -0.2) is 4.79 Å². The third-order valence-corrected chi connectivity index (χ3v) is 2.04. The van der Waals surface area contributed by atoms with E-state index in [0.717, 1.165) is 6.42 Å². The normalized spacial score (nSPS) is 12.4. The molecule has 0 aliphatic heterocycles. The summed E-state index contributed by atoms with van der Waals surface area (Å²) in [5.74, 6) is 0. The van der Waals surface area contributed by atoms with Gasteiger partial charge in [0.2, 0.25) is 0 Å². The first-order chi connectivity index (χ1) is 6.66. The van der Waals surface area contributed by atoms with E-state index in [0.29, 0.717) is 13.1 Å². The molecule has 0 spiro atoms. The van der Waals surface area contributed by atoms with Crippen molar-refractivity contribution >= 4 is 6.03 Å². The quantitative estimate of drug-likeness (QED) is 0.664. The summed E-state index contributed by atoms with van der Waals surface area (Å²) in [5, 5.41) is 5.71. The maximum absolute atomic E-state index is 11.5. The Balaban J connectivity index is 3.90. The molecule has 0 saturated carbocycles. The fraction of sp³-hybridized carbons (Fsp3) is 0.909. The summed E-state index contributed by atoms with van der Waals surface area (Å²) in [7, 11) is 0. The van der Waals surface area contributed by atoms with E-state index in [2.05, 4.69) is 24.5 Å². The van der Waals surface area contributed by atoms with Crippen LogP contribution in [0.15, 0.2) is 0 Å². The number of urea groups is 1. The third-order valence-electron chi connectivity index (χ3n) is 2.04. The molecule has 0 aromatic heterocycles. The lowest BCUT2D eigenvalue weighted by molar-refractivity contribution is 0.223. The molecule has 0 atom stereocenters. The fourth-order valence-corrected chi connectivity index (χ4v) is 1.18. The average Bonchev–Trinajstić information content (AvgIpc) is 1.98. The van der Waals surface area contributed by atoms with E-state index < -0.39 is 0 Å². The Bertz CT molecular complexity index is 206. The van der Waals surface area contributed by atoms with Crippen molar-refractivity contribution in [2.24, 2.45) is 11.1 Å². The maximum atomic E-state index is 11.5. The maximum Gasteiger partial charge on any atom is 0.315 e. The van der Waals surface area contributed by atoms with E-state index in [1.165, 1.54) is 0 Å². The molecule has 0 aliphatic carbocycles. The lowest BCUT2D eigenvalue weighted by atomic mass is 9.89. The largest absolute Gasteiger partial charge is 0.338 e. The van der Waals surface area contributed by atoms with Crippen molar-refractivity contribution in [1.82, 2.24) is 10.6 Å². The lowest BCUT2D eigenvalue weighted by Crippen LogP contribution is -2.48. The molecular weight excluding hydrogens is 190 g/mol. The highest BCUT2D eigenvalue weighted by molar-refractivity contribution is 5.74. The van der Waals surface area contributed by atoms with Crippen molar-refractivity contribution in [2.75, 3.05) is 13.1 Å². The number of carbonyl (C=O) groups is 1. The van der Waals surface area contributed by atoms with Gasteiger partial charge in [-0.2, -0.15) is 0 Å². The molecule has 0 saturated heterocycles. The Morgan fingerprint density at radius 1 is 1.20 bits per heavy atom. The van der Waals surface area contributed by atoms with E-state index in [9.17, 15) is 4.79 Å².